The summed E-state index contributed by atoms with van der Waals surface area (Å²) in [6.07, 6.45) is -3.83. The Bertz CT molecular complexity index is 593. The van der Waals surface area contributed by atoms with E-state index in [0.717, 1.165) is 30.8 Å². The molecule has 7 heteroatoms. The topological polar surface area (TPSA) is 0 Å². The van der Waals surface area contributed by atoms with Crippen molar-refractivity contribution in [3.05, 3.63) is 54.6 Å². The standard InChI is InChI=1S/C13H8Br2ClF3S/c14-11-6-9(12(15)20-11)10(16)5-7-1-3-8(4-2-7)13(17,18)19/h1-4,6,10H,5H2. The lowest BCUT2D eigenvalue weighted by Gasteiger charge is -2.11. The highest BCUT2D eigenvalue weighted by atomic mass is 79.9. The molecule has 1 heterocycles. The van der Waals surface area contributed by atoms with E-state index in [1.54, 1.807) is 0 Å². The average Bonchev–Trinajstić information content (AvgIpc) is 2.68. The van der Waals surface area contributed by atoms with Crippen LogP contribution in [0.15, 0.2) is 37.9 Å². The maximum absolute atomic E-state index is 12.5. The lowest BCUT2D eigenvalue weighted by molar-refractivity contribution is -0.137. The van der Waals surface area contributed by atoms with Gasteiger partial charge in [0.25, 0.3) is 0 Å². The predicted molar refractivity (Wildman–Crippen MR) is 83.5 cm³/mol. The number of halogens is 6. The zero-order chi connectivity index (χ0) is 14.9. The van der Waals surface area contributed by atoms with Crippen molar-refractivity contribution in [1.29, 1.82) is 0 Å². The van der Waals surface area contributed by atoms with Crippen LogP contribution in [0.1, 0.15) is 22.1 Å². The van der Waals surface area contributed by atoms with Crippen LogP contribution in [0.5, 0.6) is 0 Å². The summed E-state index contributed by atoms with van der Waals surface area (Å²) in [7, 11) is 0. The maximum atomic E-state index is 12.5. The van der Waals surface area contributed by atoms with Gasteiger partial charge in [-0.05, 0) is 67.6 Å². The summed E-state index contributed by atoms with van der Waals surface area (Å²) in [6, 6.07) is 7.01. The van der Waals surface area contributed by atoms with E-state index in [4.69, 9.17) is 11.6 Å². The van der Waals surface area contributed by atoms with E-state index in [1.165, 1.54) is 23.5 Å². The first kappa shape index (κ1) is 16.3. The molecule has 0 amide bonds. The van der Waals surface area contributed by atoms with Crippen molar-refractivity contribution in [2.24, 2.45) is 0 Å². The molecule has 2 aromatic rings. The molecule has 0 bridgehead atoms. The van der Waals surface area contributed by atoms with E-state index in [2.05, 4.69) is 31.9 Å². The van der Waals surface area contributed by atoms with Gasteiger partial charge in [0.1, 0.15) is 0 Å². The minimum absolute atomic E-state index is 0.288. The molecule has 0 aliphatic heterocycles. The summed E-state index contributed by atoms with van der Waals surface area (Å²) < 4.78 is 39.3. The van der Waals surface area contributed by atoms with Crippen molar-refractivity contribution in [3.8, 4) is 0 Å². The lowest BCUT2D eigenvalue weighted by Crippen LogP contribution is -2.05. The van der Waals surface area contributed by atoms with Crippen molar-refractivity contribution < 1.29 is 13.2 Å². The Balaban J connectivity index is 2.12. The Morgan fingerprint density at radius 3 is 2.20 bits per heavy atom. The molecule has 0 fully saturated rings. The number of rotatable bonds is 3. The van der Waals surface area contributed by atoms with Gasteiger partial charge in [-0.25, -0.2) is 0 Å². The Kier molecular flexibility index (Phi) is 5.21. The molecule has 0 nitrogen and oxygen atoms in total. The molecule has 108 valence electrons. The summed E-state index contributed by atoms with van der Waals surface area (Å²) in [5, 5.41) is -0.288. The third-order valence-electron chi connectivity index (χ3n) is 2.72. The largest absolute Gasteiger partial charge is 0.416 e. The van der Waals surface area contributed by atoms with Crippen LogP contribution in [0.4, 0.5) is 13.2 Å². The highest BCUT2D eigenvalue weighted by Gasteiger charge is 2.30. The first-order valence-electron chi connectivity index (χ1n) is 5.52. The van der Waals surface area contributed by atoms with Crippen molar-refractivity contribution in [2.45, 2.75) is 18.0 Å². The molecule has 2 rings (SSSR count). The molecule has 1 atom stereocenters. The van der Waals surface area contributed by atoms with E-state index in [1.807, 2.05) is 6.07 Å². The number of benzene rings is 1. The Labute approximate surface area is 140 Å². The Hall–Kier alpha value is -0.0400. The summed E-state index contributed by atoms with van der Waals surface area (Å²) in [4.78, 5) is 0. The van der Waals surface area contributed by atoms with E-state index in [9.17, 15) is 13.2 Å². The molecule has 0 aliphatic rings. The summed E-state index contributed by atoms with van der Waals surface area (Å²) in [5.41, 5.74) is 1.06. The normalized spacial score (nSPS) is 13.5. The zero-order valence-corrected chi connectivity index (χ0v) is 14.6. The molecule has 0 radical (unpaired) electrons. The smallest absolute Gasteiger partial charge is 0.166 e. The highest BCUT2D eigenvalue weighted by Crippen LogP contribution is 2.39. The summed E-state index contributed by atoms with van der Waals surface area (Å²) in [5.74, 6) is 0. The van der Waals surface area contributed by atoms with Crippen LogP contribution < -0.4 is 0 Å². The fourth-order valence-electron chi connectivity index (χ4n) is 1.71. The molecular formula is C13H8Br2ClF3S. The van der Waals surface area contributed by atoms with E-state index in [-0.39, 0.29) is 5.38 Å². The molecule has 1 aromatic carbocycles. The van der Waals surface area contributed by atoms with Gasteiger partial charge in [0.15, 0.2) is 0 Å². The highest BCUT2D eigenvalue weighted by molar-refractivity contribution is 9.12. The number of alkyl halides is 4. The van der Waals surface area contributed by atoms with Crippen molar-refractivity contribution in [3.63, 3.8) is 0 Å². The van der Waals surface area contributed by atoms with E-state index >= 15 is 0 Å². The minimum Gasteiger partial charge on any atom is -0.166 e. The van der Waals surface area contributed by atoms with Crippen molar-refractivity contribution >= 4 is 54.8 Å². The van der Waals surface area contributed by atoms with Crippen molar-refractivity contribution in [2.75, 3.05) is 0 Å². The molecule has 0 saturated heterocycles. The van der Waals surface area contributed by atoms with E-state index in [0.29, 0.717) is 6.42 Å². The lowest BCUT2D eigenvalue weighted by atomic mass is 10.0. The van der Waals surface area contributed by atoms with Crippen LogP contribution >= 0.6 is 54.8 Å². The monoisotopic (exact) mass is 446 g/mol. The van der Waals surface area contributed by atoms with Crippen LogP contribution in [0, 0.1) is 0 Å². The second kappa shape index (κ2) is 6.38. The van der Waals surface area contributed by atoms with Crippen LogP contribution in [-0.2, 0) is 12.6 Å². The third kappa shape index (κ3) is 4.00. The minimum atomic E-state index is -4.31. The molecule has 1 unspecified atom stereocenters. The first-order chi connectivity index (χ1) is 9.27. The van der Waals surface area contributed by atoms with Crippen LogP contribution in [0.2, 0.25) is 0 Å². The first-order valence-corrected chi connectivity index (χ1v) is 8.36. The molecule has 20 heavy (non-hydrogen) atoms. The van der Waals surface area contributed by atoms with Gasteiger partial charge in [0.2, 0.25) is 0 Å². The Morgan fingerprint density at radius 1 is 1.15 bits per heavy atom. The second-order valence-corrected chi connectivity index (χ2v) is 8.42. The van der Waals surface area contributed by atoms with Gasteiger partial charge in [-0.1, -0.05) is 12.1 Å². The van der Waals surface area contributed by atoms with Crippen LogP contribution in [0.3, 0.4) is 0 Å². The molecule has 1 aromatic heterocycles. The van der Waals surface area contributed by atoms with Gasteiger partial charge in [-0.2, -0.15) is 13.2 Å². The van der Waals surface area contributed by atoms with Gasteiger partial charge < -0.3 is 0 Å². The number of thiophene rings is 1. The predicted octanol–water partition coefficient (Wildman–Crippen LogP) is 6.81. The zero-order valence-electron chi connectivity index (χ0n) is 9.85. The van der Waals surface area contributed by atoms with Gasteiger partial charge in [-0.3, -0.25) is 0 Å². The second-order valence-electron chi connectivity index (χ2n) is 4.15. The van der Waals surface area contributed by atoms with Gasteiger partial charge in [-0.15, -0.1) is 22.9 Å². The quantitative estimate of drug-likeness (QED) is 0.452. The molecule has 0 aliphatic carbocycles. The Morgan fingerprint density at radius 2 is 1.75 bits per heavy atom. The maximum Gasteiger partial charge on any atom is 0.416 e. The third-order valence-corrected chi connectivity index (χ3v) is 5.49. The number of hydrogen-bond donors (Lipinski definition) is 0. The average molecular weight is 449 g/mol. The number of hydrogen-bond acceptors (Lipinski definition) is 1. The van der Waals surface area contributed by atoms with Gasteiger partial charge in [0.05, 0.1) is 18.5 Å². The van der Waals surface area contributed by atoms with Crippen molar-refractivity contribution in [1.82, 2.24) is 0 Å². The fourth-order valence-corrected chi connectivity index (χ4v) is 5.23. The fraction of sp³-hybridized carbons (Fsp3) is 0.231. The van der Waals surface area contributed by atoms with E-state index < -0.39 is 11.7 Å². The molecule has 0 saturated carbocycles. The van der Waals surface area contributed by atoms with Gasteiger partial charge >= 0.3 is 6.18 Å². The van der Waals surface area contributed by atoms with Gasteiger partial charge in [0, 0.05) is 0 Å². The van der Waals surface area contributed by atoms with Crippen LogP contribution in [0.25, 0.3) is 0 Å². The molecule has 0 N–H and O–H groups in total. The molecular weight excluding hydrogens is 440 g/mol. The molecule has 0 spiro atoms. The van der Waals surface area contributed by atoms with Crippen LogP contribution in [-0.4, -0.2) is 0 Å². The summed E-state index contributed by atoms with van der Waals surface area (Å²) >= 11 is 14.6. The SMILES string of the molecule is FC(F)(F)c1ccc(CC(Cl)c2cc(Br)sc2Br)cc1. The summed E-state index contributed by atoms with van der Waals surface area (Å²) in [6.45, 7) is 0.